The maximum Gasteiger partial charge on any atom is 0.124 e. The molecular weight excluding hydrogens is 210 g/mol. The second-order valence-corrected chi connectivity index (χ2v) is 6.12. The van der Waals surface area contributed by atoms with E-state index in [0.717, 1.165) is 43.6 Å². The van der Waals surface area contributed by atoms with Gasteiger partial charge in [-0.15, -0.1) is 0 Å². The van der Waals surface area contributed by atoms with Crippen molar-refractivity contribution in [2.24, 2.45) is 23.7 Å². The fourth-order valence-electron chi connectivity index (χ4n) is 3.83. The minimum atomic E-state index is 0.280. The number of piperidine rings is 1. The number of carbonyl (C=O) groups excluding carboxylic acids is 1. The predicted octanol–water partition coefficient (Wildman–Crippen LogP) is 3.02. The van der Waals surface area contributed by atoms with Crippen LogP contribution >= 0.6 is 0 Å². The van der Waals surface area contributed by atoms with Gasteiger partial charge in [-0.1, -0.05) is 32.6 Å². The zero-order chi connectivity index (χ0) is 12.1. The lowest BCUT2D eigenvalue weighted by atomic mass is 9.71. The molecule has 2 heteroatoms. The number of rotatable bonds is 4. The van der Waals surface area contributed by atoms with Gasteiger partial charge in [-0.2, -0.15) is 0 Å². The van der Waals surface area contributed by atoms with Gasteiger partial charge in [0.15, 0.2) is 0 Å². The first-order valence-electron chi connectivity index (χ1n) is 7.49. The fraction of sp³-hybridized carbons (Fsp3) is 0.933. The summed E-state index contributed by atoms with van der Waals surface area (Å²) in [6, 6.07) is 0. The molecule has 2 unspecified atom stereocenters. The monoisotopic (exact) mass is 237 g/mol. The Hall–Kier alpha value is -0.370. The second kappa shape index (κ2) is 6.53. The molecule has 17 heavy (non-hydrogen) atoms. The van der Waals surface area contributed by atoms with Gasteiger partial charge in [0.25, 0.3) is 0 Å². The van der Waals surface area contributed by atoms with E-state index in [1.165, 1.54) is 38.5 Å². The van der Waals surface area contributed by atoms with Crippen molar-refractivity contribution in [2.75, 3.05) is 13.1 Å². The summed E-state index contributed by atoms with van der Waals surface area (Å²) in [5.41, 5.74) is 0. The molecular formula is C15H27NO. The molecule has 0 aromatic rings. The van der Waals surface area contributed by atoms with E-state index in [1.807, 2.05) is 0 Å². The molecule has 1 saturated heterocycles. The van der Waals surface area contributed by atoms with Gasteiger partial charge < -0.3 is 10.1 Å². The van der Waals surface area contributed by atoms with Crippen LogP contribution in [0.3, 0.4) is 0 Å². The lowest BCUT2D eigenvalue weighted by Crippen LogP contribution is -2.40. The van der Waals surface area contributed by atoms with Gasteiger partial charge in [0, 0.05) is 12.5 Å². The van der Waals surface area contributed by atoms with Crippen LogP contribution < -0.4 is 5.32 Å². The maximum atomic E-state index is 10.9. The molecule has 0 bridgehead atoms. The van der Waals surface area contributed by atoms with Gasteiger partial charge in [-0.05, 0) is 43.6 Å². The van der Waals surface area contributed by atoms with Crippen LogP contribution in [0.25, 0.3) is 0 Å². The molecule has 2 nitrogen and oxygen atoms in total. The first-order valence-corrected chi connectivity index (χ1v) is 7.49. The lowest BCUT2D eigenvalue weighted by Gasteiger charge is -2.37. The third kappa shape index (κ3) is 3.54. The Morgan fingerprint density at radius 3 is 2.53 bits per heavy atom. The van der Waals surface area contributed by atoms with E-state index in [9.17, 15) is 4.79 Å². The molecule has 0 aromatic heterocycles. The molecule has 0 radical (unpaired) electrons. The van der Waals surface area contributed by atoms with E-state index in [1.54, 1.807) is 0 Å². The summed E-state index contributed by atoms with van der Waals surface area (Å²) in [6.07, 6.45) is 10.7. The molecule has 0 amide bonds. The molecule has 98 valence electrons. The average Bonchev–Trinajstić information content (AvgIpc) is 2.40. The van der Waals surface area contributed by atoms with E-state index < -0.39 is 0 Å². The third-order valence-electron chi connectivity index (χ3n) is 4.87. The van der Waals surface area contributed by atoms with Gasteiger partial charge in [0.05, 0.1) is 0 Å². The molecule has 1 N–H and O–H groups in total. The molecule has 1 heterocycles. The zero-order valence-corrected chi connectivity index (χ0v) is 11.2. The number of aldehydes is 1. The quantitative estimate of drug-likeness (QED) is 0.762. The number of hydrogen-bond acceptors (Lipinski definition) is 2. The fourth-order valence-corrected chi connectivity index (χ4v) is 3.83. The molecule has 2 aliphatic rings. The first-order chi connectivity index (χ1) is 8.33. The van der Waals surface area contributed by atoms with Gasteiger partial charge in [-0.3, -0.25) is 0 Å². The average molecular weight is 237 g/mol. The molecule has 1 saturated carbocycles. The van der Waals surface area contributed by atoms with Gasteiger partial charge in [0.1, 0.15) is 6.29 Å². The van der Waals surface area contributed by atoms with Crippen LogP contribution in [0.1, 0.15) is 51.9 Å². The molecule has 2 atom stereocenters. The predicted molar refractivity (Wildman–Crippen MR) is 70.9 cm³/mol. The Kier molecular flexibility index (Phi) is 5.02. The Morgan fingerprint density at radius 1 is 1.12 bits per heavy atom. The van der Waals surface area contributed by atoms with Crippen molar-refractivity contribution in [1.82, 2.24) is 5.32 Å². The third-order valence-corrected chi connectivity index (χ3v) is 4.87. The highest BCUT2D eigenvalue weighted by Crippen LogP contribution is 2.38. The summed E-state index contributed by atoms with van der Waals surface area (Å²) < 4.78 is 0. The largest absolute Gasteiger partial charge is 0.316 e. The number of hydrogen-bond donors (Lipinski definition) is 1. The van der Waals surface area contributed by atoms with Crippen molar-refractivity contribution in [2.45, 2.75) is 51.9 Å². The molecule has 0 spiro atoms. The summed E-state index contributed by atoms with van der Waals surface area (Å²) in [4.78, 5) is 10.9. The lowest BCUT2D eigenvalue weighted by molar-refractivity contribution is -0.112. The minimum absolute atomic E-state index is 0.280. The Morgan fingerprint density at radius 2 is 1.88 bits per heavy atom. The van der Waals surface area contributed by atoms with Crippen LogP contribution in [0.5, 0.6) is 0 Å². The molecule has 2 rings (SSSR count). The minimum Gasteiger partial charge on any atom is -0.316 e. The molecule has 2 fully saturated rings. The molecule has 1 aliphatic heterocycles. The highest BCUT2D eigenvalue weighted by atomic mass is 16.1. The van der Waals surface area contributed by atoms with Crippen LogP contribution in [-0.4, -0.2) is 19.4 Å². The summed E-state index contributed by atoms with van der Waals surface area (Å²) >= 11 is 0. The Bertz CT molecular complexity index is 233. The van der Waals surface area contributed by atoms with E-state index in [2.05, 4.69) is 12.2 Å². The highest BCUT2D eigenvalue weighted by molar-refractivity contribution is 5.54. The van der Waals surface area contributed by atoms with Crippen molar-refractivity contribution in [3.63, 3.8) is 0 Å². The van der Waals surface area contributed by atoms with E-state index in [4.69, 9.17) is 0 Å². The van der Waals surface area contributed by atoms with Crippen molar-refractivity contribution < 1.29 is 4.79 Å². The van der Waals surface area contributed by atoms with Crippen molar-refractivity contribution in [3.05, 3.63) is 0 Å². The van der Waals surface area contributed by atoms with Gasteiger partial charge in [0.2, 0.25) is 0 Å². The van der Waals surface area contributed by atoms with E-state index in [0.29, 0.717) is 0 Å². The van der Waals surface area contributed by atoms with E-state index >= 15 is 0 Å². The highest BCUT2D eigenvalue weighted by Gasteiger charge is 2.30. The van der Waals surface area contributed by atoms with Crippen molar-refractivity contribution in [3.8, 4) is 0 Å². The Balaban J connectivity index is 1.77. The zero-order valence-electron chi connectivity index (χ0n) is 11.2. The van der Waals surface area contributed by atoms with Crippen molar-refractivity contribution in [1.29, 1.82) is 0 Å². The van der Waals surface area contributed by atoms with Crippen LogP contribution in [0.2, 0.25) is 0 Å². The molecule has 0 aromatic carbocycles. The van der Waals surface area contributed by atoms with Crippen LogP contribution in [-0.2, 0) is 4.79 Å². The van der Waals surface area contributed by atoms with Crippen LogP contribution in [0.15, 0.2) is 0 Å². The smallest absolute Gasteiger partial charge is 0.124 e. The van der Waals surface area contributed by atoms with Crippen molar-refractivity contribution >= 4 is 6.29 Å². The van der Waals surface area contributed by atoms with Gasteiger partial charge >= 0.3 is 0 Å². The standard InChI is InChI=1S/C15H27NO/c1-2-3-12-4-6-14(7-5-12)15-8-13(11-17)9-16-10-15/h11-16H,2-10H2,1H3. The topological polar surface area (TPSA) is 29.1 Å². The summed E-state index contributed by atoms with van der Waals surface area (Å²) in [5.74, 6) is 2.93. The van der Waals surface area contributed by atoms with Gasteiger partial charge in [-0.25, -0.2) is 0 Å². The number of nitrogens with one attached hydrogen (secondary N) is 1. The summed E-state index contributed by atoms with van der Waals surface area (Å²) in [5, 5.41) is 3.44. The van der Waals surface area contributed by atoms with Crippen LogP contribution in [0, 0.1) is 23.7 Å². The van der Waals surface area contributed by atoms with Crippen LogP contribution in [0.4, 0.5) is 0 Å². The molecule has 1 aliphatic carbocycles. The van der Waals surface area contributed by atoms with E-state index in [-0.39, 0.29) is 5.92 Å². The second-order valence-electron chi connectivity index (χ2n) is 6.12. The normalized spacial score (nSPS) is 38.9. The Labute approximate surface area is 106 Å². The SMILES string of the molecule is CCCC1CCC(C2CNCC(C=O)C2)CC1. The maximum absolute atomic E-state index is 10.9. The first kappa shape index (κ1) is 13.1. The summed E-state index contributed by atoms with van der Waals surface area (Å²) in [7, 11) is 0. The summed E-state index contributed by atoms with van der Waals surface area (Å²) in [6.45, 7) is 4.35. The number of carbonyl (C=O) groups is 1.